The van der Waals surface area contributed by atoms with Gasteiger partial charge in [-0.25, -0.2) is 0 Å². The number of allylic oxidation sites excluding steroid dienone is 4. The van der Waals surface area contributed by atoms with E-state index in [4.69, 9.17) is 0 Å². The number of hydrogen-bond acceptors (Lipinski definition) is 2. The van der Waals surface area contributed by atoms with E-state index in [1.807, 2.05) is 0 Å². The Morgan fingerprint density at radius 2 is 1.48 bits per heavy atom. The second-order valence-corrected chi connectivity index (χ2v) is 6.26. The van der Waals surface area contributed by atoms with Crippen molar-refractivity contribution >= 4 is 11.6 Å². The molecule has 4 bridgehead atoms. The van der Waals surface area contributed by atoms with Gasteiger partial charge in [0.2, 0.25) is 0 Å². The van der Waals surface area contributed by atoms with Crippen LogP contribution in [-0.2, 0) is 22.4 Å². The number of aryl methyl sites for hydroxylation is 2. The molecule has 21 heavy (non-hydrogen) atoms. The van der Waals surface area contributed by atoms with Crippen LogP contribution in [0.25, 0.3) is 0 Å². The Bertz CT molecular complexity index is 675. The van der Waals surface area contributed by atoms with Crippen LogP contribution >= 0.6 is 0 Å². The molecule has 108 valence electrons. The van der Waals surface area contributed by atoms with Gasteiger partial charge in [-0.3, -0.25) is 9.59 Å². The van der Waals surface area contributed by atoms with Crippen molar-refractivity contribution in [2.45, 2.75) is 45.4 Å². The SMILES string of the molecule is CC(C)c1cc2ccc1CCC1=CC(=O)C(=CC1=O)CC2. The maximum atomic E-state index is 12.1. The summed E-state index contributed by atoms with van der Waals surface area (Å²) in [5, 5.41) is 0. The second-order valence-electron chi connectivity index (χ2n) is 6.26. The van der Waals surface area contributed by atoms with Gasteiger partial charge in [-0.05, 0) is 60.4 Å². The molecule has 0 saturated carbocycles. The van der Waals surface area contributed by atoms with Crippen LogP contribution in [0.1, 0.15) is 49.3 Å². The third kappa shape index (κ3) is 2.76. The summed E-state index contributed by atoms with van der Waals surface area (Å²) in [5.41, 5.74) is 5.23. The minimum atomic E-state index is 0.0173. The van der Waals surface area contributed by atoms with Gasteiger partial charge in [0.1, 0.15) is 0 Å². The fourth-order valence-electron chi connectivity index (χ4n) is 3.15. The summed E-state index contributed by atoms with van der Waals surface area (Å²) < 4.78 is 0. The van der Waals surface area contributed by atoms with E-state index in [0.717, 1.165) is 12.8 Å². The fourth-order valence-corrected chi connectivity index (χ4v) is 3.15. The number of rotatable bonds is 1. The first kappa shape index (κ1) is 14.0. The first-order valence-corrected chi connectivity index (χ1v) is 7.66. The van der Waals surface area contributed by atoms with E-state index in [2.05, 4.69) is 32.0 Å². The van der Waals surface area contributed by atoms with Gasteiger partial charge in [0.25, 0.3) is 0 Å². The molecule has 0 unspecified atom stereocenters. The van der Waals surface area contributed by atoms with Crippen LogP contribution in [0.4, 0.5) is 0 Å². The molecule has 0 saturated heterocycles. The van der Waals surface area contributed by atoms with Crippen molar-refractivity contribution in [1.82, 2.24) is 0 Å². The lowest BCUT2D eigenvalue weighted by Gasteiger charge is -2.18. The van der Waals surface area contributed by atoms with Crippen LogP contribution in [0.3, 0.4) is 0 Å². The molecule has 0 atom stereocenters. The number of carbonyl (C=O) groups excluding carboxylic acids is 2. The van der Waals surface area contributed by atoms with E-state index >= 15 is 0 Å². The Morgan fingerprint density at radius 3 is 2.10 bits per heavy atom. The van der Waals surface area contributed by atoms with E-state index in [0.29, 0.717) is 29.9 Å². The smallest absolute Gasteiger partial charge is 0.182 e. The Kier molecular flexibility index (Phi) is 3.62. The van der Waals surface area contributed by atoms with Crippen molar-refractivity contribution in [3.05, 3.63) is 58.2 Å². The lowest BCUT2D eigenvalue weighted by atomic mass is 9.85. The molecule has 0 N–H and O–H groups in total. The standard InChI is InChI=1S/C19H20O2/c1-12(2)17-9-13-3-5-14(17)7-8-16-11-18(20)15(6-4-13)10-19(16)21/h3,5,9-12H,4,6-8H2,1-2H3. The largest absolute Gasteiger partial charge is 0.290 e. The summed E-state index contributed by atoms with van der Waals surface area (Å²) in [7, 11) is 0. The highest BCUT2D eigenvalue weighted by Crippen LogP contribution is 2.27. The Hall–Kier alpha value is -1.96. The Morgan fingerprint density at radius 1 is 0.857 bits per heavy atom. The van der Waals surface area contributed by atoms with Crippen LogP contribution in [0.5, 0.6) is 0 Å². The number of carbonyl (C=O) groups is 2. The van der Waals surface area contributed by atoms with Crippen LogP contribution in [0.15, 0.2) is 41.5 Å². The first-order chi connectivity index (χ1) is 10.0. The second kappa shape index (κ2) is 5.44. The number of benzene rings is 1. The maximum absolute atomic E-state index is 12.1. The van der Waals surface area contributed by atoms with Gasteiger partial charge in [0.05, 0.1) is 0 Å². The molecule has 5 aliphatic carbocycles. The maximum Gasteiger partial charge on any atom is 0.182 e. The number of hydrogen-bond donors (Lipinski definition) is 0. The van der Waals surface area contributed by atoms with Crippen molar-refractivity contribution in [1.29, 1.82) is 0 Å². The first-order valence-electron chi connectivity index (χ1n) is 7.66. The molecular weight excluding hydrogens is 260 g/mol. The van der Waals surface area contributed by atoms with Gasteiger partial charge in [-0.15, -0.1) is 0 Å². The molecule has 0 amide bonds. The summed E-state index contributed by atoms with van der Waals surface area (Å²) >= 11 is 0. The molecule has 2 heteroatoms. The van der Waals surface area contributed by atoms with Crippen LogP contribution in [-0.4, -0.2) is 11.6 Å². The molecule has 6 rings (SSSR count). The van der Waals surface area contributed by atoms with Gasteiger partial charge < -0.3 is 0 Å². The third-order valence-electron chi connectivity index (χ3n) is 4.42. The highest BCUT2D eigenvalue weighted by atomic mass is 16.1. The molecule has 0 aromatic heterocycles. The Labute approximate surface area is 125 Å². The summed E-state index contributed by atoms with van der Waals surface area (Å²) in [5.74, 6) is 0.514. The van der Waals surface area contributed by atoms with Crippen molar-refractivity contribution in [2.24, 2.45) is 0 Å². The molecule has 0 fully saturated rings. The Balaban J connectivity index is 2.04. The van der Waals surface area contributed by atoms with Gasteiger partial charge in [0, 0.05) is 11.1 Å². The van der Waals surface area contributed by atoms with Gasteiger partial charge in [0.15, 0.2) is 11.6 Å². The van der Waals surface area contributed by atoms with E-state index < -0.39 is 0 Å². The monoisotopic (exact) mass is 280 g/mol. The van der Waals surface area contributed by atoms with E-state index in [1.54, 1.807) is 12.2 Å². The normalized spacial score (nSPS) is 18.4. The predicted molar refractivity (Wildman–Crippen MR) is 83.4 cm³/mol. The topological polar surface area (TPSA) is 34.1 Å². The zero-order valence-corrected chi connectivity index (χ0v) is 12.6. The average Bonchev–Trinajstić information content (AvgIpc) is 2.44. The van der Waals surface area contributed by atoms with Crippen molar-refractivity contribution < 1.29 is 9.59 Å². The highest BCUT2D eigenvalue weighted by Gasteiger charge is 2.21. The zero-order valence-electron chi connectivity index (χ0n) is 12.6. The van der Waals surface area contributed by atoms with Crippen molar-refractivity contribution in [3.8, 4) is 0 Å². The molecular formula is C19H20O2. The summed E-state index contributed by atoms with van der Waals surface area (Å²) in [6, 6.07) is 6.63. The van der Waals surface area contributed by atoms with Gasteiger partial charge in [-0.1, -0.05) is 32.0 Å². The van der Waals surface area contributed by atoms with Crippen LogP contribution in [0.2, 0.25) is 0 Å². The quantitative estimate of drug-likeness (QED) is 0.735. The molecule has 0 spiro atoms. The van der Waals surface area contributed by atoms with Crippen molar-refractivity contribution in [3.63, 3.8) is 0 Å². The molecule has 0 radical (unpaired) electrons. The summed E-state index contributed by atoms with van der Waals surface area (Å²) in [6.07, 6.45) is 6.03. The average molecular weight is 280 g/mol. The lowest BCUT2D eigenvalue weighted by molar-refractivity contribution is -0.115. The third-order valence-corrected chi connectivity index (χ3v) is 4.42. The fraction of sp³-hybridized carbons (Fsp3) is 0.368. The van der Waals surface area contributed by atoms with E-state index in [1.165, 1.54) is 16.7 Å². The van der Waals surface area contributed by atoms with Gasteiger partial charge in [-0.2, -0.15) is 0 Å². The van der Waals surface area contributed by atoms with Gasteiger partial charge >= 0.3 is 0 Å². The molecule has 1 aromatic carbocycles. The number of ketones is 2. The highest BCUT2D eigenvalue weighted by molar-refractivity contribution is 6.19. The van der Waals surface area contributed by atoms with E-state index in [-0.39, 0.29) is 11.6 Å². The zero-order chi connectivity index (χ0) is 15.0. The van der Waals surface area contributed by atoms with E-state index in [9.17, 15) is 9.59 Å². The lowest BCUT2D eigenvalue weighted by Crippen LogP contribution is -2.15. The predicted octanol–water partition coefficient (Wildman–Crippen LogP) is 3.69. The molecule has 2 nitrogen and oxygen atoms in total. The molecule has 0 aliphatic heterocycles. The summed E-state index contributed by atoms with van der Waals surface area (Å²) in [4.78, 5) is 24.2. The van der Waals surface area contributed by atoms with Crippen molar-refractivity contribution in [2.75, 3.05) is 0 Å². The molecule has 1 aromatic rings. The molecule has 0 heterocycles. The van der Waals surface area contributed by atoms with Crippen LogP contribution < -0.4 is 0 Å². The summed E-state index contributed by atoms with van der Waals surface area (Å²) in [6.45, 7) is 4.41. The minimum Gasteiger partial charge on any atom is -0.290 e. The minimum absolute atomic E-state index is 0.0173. The molecule has 5 aliphatic rings. The van der Waals surface area contributed by atoms with Crippen LogP contribution in [0, 0.1) is 0 Å².